The van der Waals surface area contributed by atoms with Gasteiger partial charge < -0.3 is 4.74 Å². The molecule has 0 amide bonds. The first-order chi connectivity index (χ1) is 9.84. The Kier molecular flexibility index (Phi) is 5.08. The highest BCUT2D eigenvalue weighted by molar-refractivity contribution is 9.11. The molecule has 0 unspecified atom stereocenters. The first-order valence-electron chi connectivity index (χ1n) is 6.20. The molecule has 0 aliphatic carbocycles. The lowest BCUT2D eigenvalue weighted by molar-refractivity contribution is 0.413. The van der Waals surface area contributed by atoms with Crippen molar-refractivity contribution in [3.63, 3.8) is 0 Å². The van der Waals surface area contributed by atoms with Gasteiger partial charge >= 0.3 is 0 Å². The maximum atomic E-state index is 12.6. The van der Waals surface area contributed by atoms with Crippen LogP contribution in [0.4, 0.5) is 0 Å². The van der Waals surface area contributed by atoms with E-state index in [0.29, 0.717) is 22.8 Å². The van der Waals surface area contributed by atoms with Crippen LogP contribution in [0.2, 0.25) is 0 Å². The summed E-state index contributed by atoms with van der Waals surface area (Å²) in [4.78, 5) is 1.29. The van der Waals surface area contributed by atoms with Gasteiger partial charge in [-0.05, 0) is 58.7 Å². The predicted octanol–water partition coefficient (Wildman–Crippen LogP) is 3.65. The van der Waals surface area contributed by atoms with Crippen LogP contribution >= 0.6 is 27.3 Å². The van der Waals surface area contributed by atoms with E-state index in [1.54, 1.807) is 39.3 Å². The highest BCUT2D eigenvalue weighted by Gasteiger charge is 2.23. The molecule has 0 atom stereocenters. The van der Waals surface area contributed by atoms with Crippen LogP contribution in [0.15, 0.2) is 39.0 Å². The third-order valence-electron chi connectivity index (χ3n) is 3.08. The highest BCUT2D eigenvalue weighted by atomic mass is 79.9. The lowest BCUT2D eigenvalue weighted by atomic mass is 10.2. The fourth-order valence-corrected chi connectivity index (χ4v) is 4.92. The molecule has 0 fully saturated rings. The number of halogens is 1. The normalized spacial score (nSPS) is 11.9. The van der Waals surface area contributed by atoms with E-state index in [4.69, 9.17) is 4.74 Å². The topological polar surface area (TPSA) is 46.6 Å². The van der Waals surface area contributed by atoms with Crippen LogP contribution in [0, 0.1) is 6.92 Å². The van der Waals surface area contributed by atoms with Gasteiger partial charge in [-0.15, -0.1) is 11.3 Å². The Morgan fingerprint density at radius 3 is 2.52 bits per heavy atom. The van der Waals surface area contributed by atoms with Crippen LogP contribution in [0.3, 0.4) is 0 Å². The summed E-state index contributed by atoms with van der Waals surface area (Å²) in [6.45, 7) is 2.12. The zero-order chi connectivity index (χ0) is 15.6. The molecule has 0 bridgehead atoms. The number of hydrogen-bond acceptors (Lipinski definition) is 4. The Hall–Kier alpha value is -0.890. The monoisotopic (exact) mass is 389 g/mol. The van der Waals surface area contributed by atoms with E-state index in [1.807, 2.05) is 12.1 Å². The molecular formula is C14H16BrNO3S2. The number of thiophene rings is 1. The van der Waals surface area contributed by atoms with Gasteiger partial charge in [-0.1, -0.05) is 0 Å². The Labute approximate surface area is 137 Å². The fourth-order valence-electron chi connectivity index (χ4n) is 1.95. The van der Waals surface area contributed by atoms with Crippen molar-refractivity contribution in [1.29, 1.82) is 0 Å². The molecule has 2 aromatic rings. The highest BCUT2D eigenvalue weighted by Crippen LogP contribution is 2.27. The van der Waals surface area contributed by atoms with E-state index in [1.165, 1.54) is 15.6 Å². The van der Waals surface area contributed by atoms with Crippen LogP contribution in [0.5, 0.6) is 5.75 Å². The molecule has 0 radical (unpaired) electrons. The number of methoxy groups -OCH3 is 1. The van der Waals surface area contributed by atoms with E-state index in [0.717, 1.165) is 8.66 Å². The average Bonchev–Trinajstić information content (AvgIpc) is 2.83. The standard InChI is InChI=1S/C14H16BrNO3S2/c1-10-8-11(19-3)4-6-13(10)21(17,18)16(2)9-12-5-7-14(15)20-12/h4-8H,9H2,1-3H3. The summed E-state index contributed by atoms with van der Waals surface area (Å²) in [7, 11) is -0.365. The number of hydrogen-bond donors (Lipinski definition) is 0. The summed E-state index contributed by atoms with van der Waals surface area (Å²) < 4.78 is 32.7. The Morgan fingerprint density at radius 2 is 2.00 bits per heavy atom. The molecule has 0 spiro atoms. The van der Waals surface area contributed by atoms with E-state index in [2.05, 4.69) is 15.9 Å². The molecule has 4 nitrogen and oxygen atoms in total. The minimum absolute atomic E-state index is 0.307. The summed E-state index contributed by atoms with van der Waals surface area (Å²) in [6, 6.07) is 8.81. The molecule has 1 aromatic carbocycles. The zero-order valence-electron chi connectivity index (χ0n) is 12.0. The summed E-state index contributed by atoms with van der Waals surface area (Å²) in [5, 5.41) is 0. The number of sulfonamides is 1. The minimum Gasteiger partial charge on any atom is -0.497 e. The van der Waals surface area contributed by atoms with E-state index < -0.39 is 10.0 Å². The summed E-state index contributed by atoms with van der Waals surface area (Å²) in [5.41, 5.74) is 0.675. The van der Waals surface area contributed by atoms with Gasteiger partial charge in [0.25, 0.3) is 0 Å². The lowest BCUT2D eigenvalue weighted by Crippen LogP contribution is -2.26. The fraction of sp³-hybridized carbons (Fsp3) is 0.286. The van der Waals surface area contributed by atoms with Gasteiger partial charge in [0.2, 0.25) is 10.0 Å². The smallest absolute Gasteiger partial charge is 0.243 e. The molecule has 0 saturated heterocycles. The first kappa shape index (κ1) is 16.5. The number of rotatable bonds is 5. The van der Waals surface area contributed by atoms with Gasteiger partial charge in [0.05, 0.1) is 15.8 Å². The summed E-state index contributed by atoms with van der Waals surface area (Å²) in [5.74, 6) is 0.649. The number of ether oxygens (including phenoxy) is 1. The van der Waals surface area contributed by atoms with Crippen LogP contribution in [0.25, 0.3) is 0 Å². The van der Waals surface area contributed by atoms with Crippen molar-refractivity contribution >= 4 is 37.3 Å². The molecule has 21 heavy (non-hydrogen) atoms. The van der Waals surface area contributed by atoms with Gasteiger partial charge in [0.1, 0.15) is 5.75 Å². The second kappa shape index (κ2) is 6.48. The van der Waals surface area contributed by atoms with Crippen LogP contribution < -0.4 is 4.74 Å². The summed E-state index contributed by atoms with van der Waals surface area (Å²) >= 11 is 4.91. The van der Waals surface area contributed by atoms with Crippen molar-refractivity contribution < 1.29 is 13.2 Å². The lowest BCUT2D eigenvalue weighted by Gasteiger charge is -2.18. The molecule has 0 aliphatic rings. The number of nitrogens with zero attached hydrogens (tertiary/aromatic N) is 1. The maximum Gasteiger partial charge on any atom is 0.243 e. The van der Waals surface area contributed by atoms with Crippen molar-refractivity contribution in [2.45, 2.75) is 18.4 Å². The zero-order valence-corrected chi connectivity index (χ0v) is 15.2. The molecule has 7 heteroatoms. The van der Waals surface area contributed by atoms with Crippen molar-refractivity contribution in [3.05, 3.63) is 44.6 Å². The first-order valence-corrected chi connectivity index (χ1v) is 9.24. The molecule has 0 saturated carbocycles. The van der Waals surface area contributed by atoms with Gasteiger partial charge in [-0.25, -0.2) is 8.42 Å². The van der Waals surface area contributed by atoms with Crippen molar-refractivity contribution in [2.75, 3.05) is 14.2 Å². The molecule has 2 rings (SSSR count). The Balaban J connectivity index is 2.28. The third-order valence-corrected chi connectivity index (χ3v) is 6.65. The minimum atomic E-state index is -3.51. The van der Waals surface area contributed by atoms with Gasteiger partial charge in [0.15, 0.2) is 0 Å². The number of aryl methyl sites for hydroxylation is 1. The summed E-state index contributed by atoms with van der Waals surface area (Å²) in [6.07, 6.45) is 0. The Morgan fingerprint density at radius 1 is 1.29 bits per heavy atom. The van der Waals surface area contributed by atoms with E-state index in [-0.39, 0.29) is 0 Å². The van der Waals surface area contributed by atoms with Crippen LogP contribution in [0.1, 0.15) is 10.4 Å². The SMILES string of the molecule is COc1ccc(S(=O)(=O)N(C)Cc2ccc(Br)s2)c(C)c1. The van der Waals surface area contributed by atoms with Gasteiger partial charge in [-0.2, -0.15) is 4.31 Å². The number of benzene rings is 1. The molecular weight excluding hydrogens is 374 g/mol. The van der Waals surface area contributed by atoms with E-state index in [9.17, 15) is 8.42 Å². The molecule has 1 heterocycles. The van der Waals surface area contributed by atoms with Crippen LogP contribution in [-0.4, -0.2) is 26.9 Å². The molecule has 1 aromatic heterocycles. The Bertz CT molecular complexity index is 740. The predicted molar refractivity (Wildman–Crippen MR) is 88.4 cm³/mol. The average molecular weight is 390 g/mol. The largest absolute Gasteiger partial charge is 0.497 e. The van der Waals surface area contributed by atoms with Crippen LogP contribution in [-0.2, 0) is 16.6 Å². The molecule has 114 valence electrons. The maximum absolute atomic E-state index is 12.6. The molecule has 0 aliphatic heterocycles. The second-order valence-corrected chi connectivity index (χ2v) is 9.16. The molecule has 0 N–H and O–H groups in total. The van der Waals surface area contributed by atoms with Crippen molar-refractivity contribution in [2.24, 2.45) is 0 Å². The van der Waals surface area contributed by atoms with Crippen molar-refractivity contribution in [3.8, 4) is 5.75 Å². The quantitative estimate of drug-likeness (QED) is 0.783. The van der Waals surface area contributed by atoms with Gasteiger partial charge in [-0.3, -0.25) is 0 Å². The second-order valence-electron chi connectivity index (χ2n) is 4.60. The van der Waals surface area contributed by atoms with E-state index >= 15 is 0 Å². The third kappa shape index (κ3) is 3.66. The van der Waals surface area contributed by atoms with Crippen molar-refractivity contribution in [1.82, 2.24) is 4.31 Å². The van der Waals surface area contributed by atoms with Gasteiger partial charge in [0, 0.05) is 18.5 Å².